The van der Waals surface area contributed by atoms with Crippen LogP contribution >= 0.6 is 0 Å². The van der Waals surface area contributed by atoms with E-state index in [0.717, 1.165) is 31.6 Å². The van der Waals surface area contributed by atoms with Crippen LogP contribution in [0, 0.1) is 5.92 Å². The Morgan fingerprint density at radius 1 is 1.12 bits per heavy atom. The van der Waals surface area contributed by atoms with Crippen molar-refractivity contribution in [1.29, 1.82) is 0 Å². The normalized spacial score (nSPS) is 27.0. The maximum atomic E-state index is 9.45. The predicted octanol–water partition coefficient (Wildman–Crippen LogP) is 3.49. The molecule has 0 aromatic heterocycles. The third kappa shape index (κ3) is 6.42. The monoisotopic (exact) mass is 241 g/mol. The lowest BCUT2D eigenvalue weighted by molar-refractivity contribution is 0.116. The number of aliphatic hydroxyl groups is 1. The first-order chi connectivity index (χ1) is 8.26. The van der Waals surface area contributed by atoms with Crippen molar-refractivity contribution in [2.24, 2.45) is 5.92 Å². The van der Waals surface area contributed by atoms with E-state index in [2.05, 4.69) is 19.2 Å². The third-order valence-corrected chi connectivity index (χ3v) is 4.23. The van der Waals surface area contributed by atoms with Crippen LogP contribution in [0.25, 0.3) is 0 Å². The van der Waals surface area contributed by atoms with Crippen LogP contribution in [-0.2, 0) is 0 Å². The van der Waals surface area contributed by atoms with Gasteiger partial charge in [0.05, 0.1) is 6.10 Å². The van der Waals surface area contributed by atoms with E-state index in [1.54, 1.807) is 0 Å². The van der Waals surface area contributed by atoms with E-state index in [4.69, 9.17) is 0 Å². The van der Waals surface area contributed by atoms with Crippen LogP contribution in [-0.4, -0.2) is 23.8 Å². The molecule has 1 rings (SSSR count). The predicted molar refractivity (Wildman–Crippen MR) is 74.2 cm³/mol. The highest BCUT2D eigenvalue weighted by molar-refractivity contribution is 4.76. The number of rotatable bonds is 8. The summed E-state index contributed by atoms with van der Waals surface area (Å²) in [6.07, 6.45) is 11.0. The fourth-order valence-electron chi connectivity index (χ4n) is 2.82. The van der Waals surface area contributed by atoms with Gasteiger partial charge in [0, 0.05) is 6.04 Å². The van der Waals surface area contributed by atoms with Crippen LogP contribution in [0.2, 0.25) is 0 Å². The molecule has 0 saturated heterocycles. The Bertz CT molecular complexity index is 171. The highest BCUT2D eigenvalue weighted by Gasteiger charge is 2.18. The van der Waals surface area contributed by atoms with E-state index >= 15 is 0 Å². The lowest BCUT2D eigenvalue weighted by Gasteiger charge is -2.27. The minimum absolute atomic E-state index is 0.0269. The van der Waals surface area contributed by atoms with E-state index in [-0.39, 0.29) is 6.10 Å². The van der Waals surface area contributed by atoms with Gasteiger partial charge in [-0.2, -0.15) is 0 Å². The summed E-state index contributed by atoms with van der Waals surface area (Å²) >= 11 is 0. The molecule has 0 aliphatic heterocycles. The molecular weight excluding hydrogens is 210 g/mol. The van der Waals surface area contributed by atoms with Gasteiger partial charge in [-0.25, -0.2) is 0 Å². The summed E-state index contributed by atoms with van der Waals surface area (Å²) in [4.78, 5) is 0. The summed E-state index contributed by atoms with van der Waals surface area (Å²) in [5, 5.41) is 13.1. The van der Waals surface area contributed by atoms with Crippen molar-refractivity contribution in [2.75, 3.05) is 6.54 Å². The Balaban J connectivity index is 2.05. The summed E-state index contributed by atoms with van der Waals surface area (Å²) in [6, 6.07) is 0.669. The van der Waals surface area contributed by atoms with Gasteiger partial charge < -0.3 is 10.4 Å². The Morgan fingerprint density at radius 3 is 2.41 bits per heavy atom. The van der Waals surface area contributed by atoms with Crippen molar-refractivity contribution >= 4 is 0 Å². The van der Waals surface area contributed by atoms with Crippen molar-refractivity contribution in [3.05, 3.63) is 0 Å². The second kappa shape index (κ2) is 8.93. The molecule has 1 atom stereocenters. The van der Waals surface area contributed by atoms with Crippen molar-refractivity contribution < 1.29 is 5.11 Å². The van der Waals surface area contributed by atoms with Crippen LogP contribution in [0.15, 0.2) is 0 Å². The second-order valence-corrected chi connectivity index (χ2v) is 5.66. The molecule has 2 heteroatoms. The first kappa shape index (κ1) is 15.0. The largest absolute Gasteiger partial charge is 0.393 e. The lowest BCUT2D eigenvalue weighted by Crippen LogP contribution is -2.35. The molecule has 1 unspecified atom stereocenters. The van der Waals surface area contributed by atoms with Gasteiger partial charge in [-0.3, -0.25) is 0 Å². The molecule has 0 amide bonds. The molecule has 0 heterocycles. The average molecular weight is 241 g/mol. The summed E-state index contributed by atoms with van der Waals surface area (Å²) in [7, 11) is 0. The fraction of sp³-hybridized carbons (Fsp3) is 1.00. The third-order valence-electron chi connectivity index (χ3n) is 4.23. The number of nitrogens with one attached hydrogen (secondary N) is 1. The Morgan fingerprint density at radius 2 is 1.82 bits per heavy atom. The Hall–Kier alpha value is -0.0800. The molecule has 1 fully saturated rings. The standard InChI is InChI=1S/C15H31NO/c1-3-5-6-13(4-2)11-12-16-14-7-9-15(17)10-8-14/h13-17H,3-12H2,1-2H3. The topological polar surface area (TPSA) is 32.3 Å². The highest BCUT2D eigenvalue weighted by Crippen LogP contribution is 2.19. The quantitative estimate of drug-likeness (QED) is 0.682. The molecule has 0 aromatic rings. The molecule has 102 valence electrons. The molecule has 1 aliphatic carbocycles. The van der Waals surface area contributed by atoms with Crippen molar-refractivity contribution in [3.63, 3.8) is 0 Å². The molecule has 2 nitrogen and oxygen atoms in total. The molecule has 1 aliphatic rings. The van der Waals surface area contributed by atoms with Gasteiger partial charge in [0.2, 0.25) is 0 Å². The van der Waals surface area contributed by atoms with E-state index in [1.807, 2.05) is 0 Å². The number of unbranched alkanes of at least 4 members (excludes halogenated alkanes) is 1. The lowest BCUT2D eigenvalue weighted by atomic mass is 9.92. The second-order valence-electron chi connectivity index (χ2n) is 5.66. The van der Waals surface area contributed by atoms with E-state index in [9.17, 15) is 5.11 Å². The molecule has 17 heavy (non-hydrogen) atoms. The molecular formula is C15H31NO. The van der Waals surface area contributed by atoms with Crippen molar-refractivity contribution in [2.45, 2.75) is 83.8 Å². The summed E-state index contributed by atoms with van der Waals surface area (Å²) in [6.45, 7) is 5.76. The zero-order valence-electron chi connectivity index (χ0n) is 11.8. The Labute approximate surface area is 107 Å². The van der Waals surface area contributed by atoms with Gasteiger partial charge in [-0.05, 0) is 44.6 Å². The summed E-state index contributed by atoms with van der Waals surface area (Å²) in [5.41, 5.74) is 0. The number of aliphatic hydroxyl groups excluding tert-OH is 1. The summed E-state index contributed by atoms with van der Waals surface area (Å²) < 4.78 is 0. The molecule has 0 radical (unpaired) electrons. The van der Waals surface area contributed by atoms with Gasteiger partial charge >= 0.3 is 0 Å². The van der Waals surface area contributed by atoms with Crippen LogP contribution < -0.4 is 5.32 Å². The van der Waals surface area contributed by atoms with Crippen LogP contribution in [0.4, 0.5) is 0 Å². The molecule has 0 bridgehead atoms. The van der Waals surface area contributed by atoms with E-state index in [0.29, 0.717) is 6.04 Å². The first-order valence-electron chi connectivity index (χ1n) is 7.67. The van der Waals surface area contributed by atoms with E-state index < -0.39 is 0 Å². The van der Waals surface area contributed by atoms with Crippen LogP contribution in [0.5, 0.6) is 0 Å². The minimum Gasteiger partial charge on any atom is -0.393 e. The van der Waals surface area contributed by atoms with Gasteiger partial charge in [0.25, 0.3) is 0 Å². The smallest absolute Gasteiger partial charge is 0.0541 e. The van der Waals surface area contributed by atoms with Crippen molar-refractivity contribution in [1.82, 2.24) is 5.32 Å². The number of hydrogen-bond donors (Lipinski definition) is 2. The van der Waals surface area contributed by atoms with Gasteiger partial charge in [-0.1, -0.05) is 39.5 Å². The zero-order valence-corrected chi connectivity index (χ0v) is 11.8. The number of hydrogen-bond acceptors (Lipinski definition) is 2. The average Bonchev–Trinajstić information content (AvgIpc) is 2.36. The van der Waals surface area contributed by atoms with E-state index in [1.165, 1.54) is 38.6 Å². The van der Waals surface area contributed by atoms with Gasteiger partial charge in [0.1, 0.15) is 0 Å². The first-order valence-corrected chi connectivity index (χ1v) is 7.67. The van der Waals surface area contributed by atoms with Crippen molar-refractivity contribution in [3.8, 4) is 0 Å². The van der Waals surface area contributed by atoms with Gasteiger partial charge in [-0.15, -0.1) is 0 Å². The van der Waals surface area contributed by atoms with Crippen LogP contribution in [0.1, 0.15) is 71.6 Å². The fourth-order valence-corrected chi connectivity index (χ4v) is 2.82. The molecule has 1 saturated carbocycles. The molecule has 0 aromatic carbocycles. The highest BCUT2D eigenvalue weighted by atomic mass is 16.3. The maximum Gasteiger partial charge on any atom is 0.0541 e. The SMILES string of the molecule is CCCCC(CC)CCNC1CCC(O)CC1. The molecule has 0 spiro atoms. The zero-order chi connectivity index (χ0) is 12.5. The molecule has 2 N–H and O–H groups in total. The Kier molecular flexibility index (Phi) is 7.87. The minimum atomic E-state index is -0.0269. The van der Waals surface area contributed by atoms with Gasteiger partial charge in [0.15, 0.2) is 0 Å². The van der Waals surface area contributed by atoms with Crippen LogP contribution in [0.3, 0.4) is 0 Å². The maximum absolute atomic E-state index is 9.45. The summed E-state index contributed by atoms with van der Waals surface area (Å²) in [5.74, 6) is 0.914.